The van der Waals surface area contributed by atoms with Gasteiger partial charge in [0.05, 0.1) is 6.54 Å². The largest absolute Gasteiger partial charge is 0.348 e. The second-order valence-electron chi connectivity index (χ2n) is 9.41. The quantitative estimate of drug-likeness (QED) is 0.653. The van der Waals surface area contributed by atoms with Gasteiger partial charge < -0.3 is 15.1 Å². The van der Waals surface area contributed by atoms with Gasteiger partial charge in [0.25, 0.3) is 5.91 Å². The Bertz CT molecular complexity index is 1070. The smallest absolute Gasteiger partial charge is 0.251 e. The maximum atomic E-state index is 13.3. The average Bonchev–Trinajstić information content (AvgIpc) is 3.20. The maximum Gasteiger partial charge on any atom is 0.251 e. The van der Waals surface area contributed by atoms with Crippen LogP contribution in [0.3, 0.4) is 0 Å². The lowest BCUT2D eigenvalue weighted by atomic mass is 9.64. The molecule has 3 atom stereocenters. The van der Waals surface area contributed by atoms with Crippen molar-refractivity contribution in [2.45, 2.75) is 18.0 Å². The Balaban J connectivity index is 1.26. The van der Waals surface area contributed by atoms with Gasteiger partial charge in [-0.25, -0.2) is 4.68 Å². The molecular weight excluding hydrogens is 402 g/mol. The molecule has 0 aliphatic carbocycles. The first-order chi connectivity index (χ1) is 15.7. The van der Waals surface area contributed by atoms with E-state index in [0.717, 1.165) is 44.8 Å². The number of tetrazole rings is 1. The number of hydrogen-bond acceptors (Lipinski definition) is 6. The number of hydrogen-bond donors (Lipinski definition) is 1. The molecule has 4 fully saturated rings. The van der Waals surface area contributed by atoms with Crippen molar-refractivity contribution in [3.8, 4) is 0 Å². The zero-order valence-corrected chi connectivity index (χ0v) is 18.0. The topological polar surface area (TPSA) is 79.2 Å². The number of nitrogens with one attached hydrogen (secondary N) is 1. The van der Waals surface area contributed by atoms with Crippen molar-refractivity contribution >= 4 is 5.91 Å². The molecule has 8 heteroatoms. The van der Waals surface area contributed by atoms with E-state index >= 15 is 0 Å². The van der Waals surface area contributed by atoms with Crippen LogP contribution < -0.4 is 5.32 Å². The zero-order valence-electron chi connectivity index (χ0n) is 18.0. The monoisotopic (exact) mass is 429 g/mol. The number of fused-ring (bicyclic) bond motifs is 1. The van der Waals surface area contributed by atoms with Crippen LogP contribution >= 0.6 is 0 Å². The Hall–Kier alpha value is -3.10. The number of carbonyl (C=O) groups is 1. The van der Waals surface area contributed by atoms with E-state index in [1.807, 2.05) is 24.3 Å². The predicted molar refractivity (Wildman–Crippen MR) is 119 cm³/mol. The summed E-state index contributed by atoms with van der Waals surface area (Å²) in [4.78, 5) is 18.5. The molecule has 4 aliphatic heterocycles. The number of piperidine rings is 2. The van der Waals surface area contributed by atoms with Gasteiger partial charge in [-0.05, 0) is 33.7 Å². The van der Waals surface area contributed by atoms with Gasteiger partial charge in [0.1, 0.15) is 6.33 Å². The van der Waals surface area contributed by atoms with Crippen LogP contribution in [0.1, 0.15) is 21.5 Å². The van der Waals surface area contributed by atoms with Crippen LogP contribution in [-0.4, -0.2) is 81.2 Å². The third-order valence-electron chi connectivity index (χ3n) is 7.38. The fourth-order valence-electron chi connectivity index (χ4n) is 5.99. The summed E-state index contributed by atoms with van der Waals surface area (Å²) in [5, 5.41) is 14.7. The molecule has 7 rings (SSSR count). The summed E-state index contributed by atoms with van der Waals surface area (Å²) in [6.07, 6.45) is 1.59. The lowest BCUT2D eigenvalue weighted by Crippen LogP contribution is -2.70. The molecular formula is C24H27N7O. The molecule has 1 N–H and O–H groups in total. The average molecular weight is 430 g/mol. The molecule has 1 amide bonds. The molecule has 1 aromatic heterocycles. The van der Waals surface area contributed by atoms with E-state index in [4.69, 9.17) is 0 Å². The van der Waals surface area contributed by atoms with Gasteiger partial charge in [-0.2, -0.15) is 0 Å². The van der Waals surface area contributed by atoms with E-state index in [-0.39, 0.29) is 17.4 Å². The lowest BCUT2D eigenvalue weighted by Gasteiger charge is -2.55. The van der Waals surface area contributed by atoms with E-state index in [0.29, 0.717) is 18.0 Å². The van der Waals surface area contributed by atoms with Crippen LogP contribution in [0, 0.1) is 5.92 Å². The molecule has 0 spiro atoms. The minimum Gasteiger partial charge on any atom is -0.348 e. The van der Waals surface area contributed by atoms with Gasteiger partial charge in [-0.1, -0.05) is 42.5 Å². The fourth-order valence-corrected chi connectivity index (χ4v) is 5.99. The number of nitrogens with zero attached hydrogens (tertiary/aromatic N) is 6. The summed E-state index contributed by atoms with van der Waals surface area (Å²) < 4.78 is 1.67. The Morgan fingerprint density at radius 3 is 2.38 bits per heavy atom. The van der Waals surface area contributed by atoms with Crippen molar-refractivity contribution in [1.82, 2.24) is 35.3 Å². The summed E-state index contributed by atoms with van der Waals surface area (Å²) in [6, 6.07) is 18.7. The van der Waals surface area contributed by atoms with Crippen LogP contribution in [0.5, 0.6) is 0 Å². The molecule has 4 aliphatic rings. The highest BCUT2D eigenvalue weighted by Gasteiger charge is 2.55. The molecule has 32 heavy (non-hydrogen) atoms. The minimum absolute atomic E-state index is 0.00965. The lowest BCUT2D eigenvalue weighted by molar-refractivity contribution is 0.0180. The molecule has 4 saturated heterocycles. The molecule has 2 aromatic carbocycles. The molecule has 4 bridgehead atoms. The predicted octanol–water partition coefficient (Wildman–Crippen LogP) is 1.02. The number of carbonyl (C=O) groups excluding carboxylic acids is 1. The first-order valence-electron chi connectivity index (χ1n) is 11.3. The summed E-state index contributed by atoms with van der Waals surface area (Å²) in [7, 11) is 0. The van der Waals surface area contributed by atoms with Gasteiger partial charge in [0.15, 0.2) is 0 Å². The standard InChI is InChI=1S/C24H27N7O/c32-23(19-8-6-18(7-9-19)12-31-17-25-27-28-31)26-22-20-13-29-10-11-30(14-20)16-24(22,15-29)21-4-2-1-3-5-21/h1-9,17,20,22H,10-16H2,(H,26,32)/t20?,22-,24?/m0/s1. The second-order valence-corrected chi connectivity index (χ2v) is 9.41. The molecule has 8 nitrogen and oxygen atoms in total. The second kappa shape index (κ2) is 7.79. The van der Waals surface area contributed by atoms with Gasteiger partial charge in [-0.15, -0.1) is 5.10 Å². The fraction of sp³-hybridized carbons (Fsp3) is 0.417. The zero-order chi connectivity index (χ0) is 21.5. The first kappa shape index (κ1) is 19.6. The molecule has 0 radical (unpaired) electrons. The minimum atomic E-state index is -0.0748. The highest BCUT2D eigenvalue weighted by atomic mass is 16.1. The Morgan fingerprint density at radius 2 is 1.72 bits per heavy atom. The summed E-state index contributed by atoms with van der Waals surface area (Å²) in [5.74, 6) is 0.443. The van der Waals surface area contributed by atoms with Gasteiger partial charge in [0, 0.05) is 62.2 Å². The van der Waals surface area contributed by atoms with Gasteiger partial charge in [-0.3, -0.25) is 4.79 Å². The van der Waals surface area contributed by atoms with Crippen molar-refractivity contribution in [2.24, 2.45) is 5.92 Å². The van der Waals surface area contributed by atoms with Crippen molar-refractivity contribution in [3.05, 3.63) is 77.6 Å². The summed E-state index contributed by atoms with van der Waals surface area (Å²) >= 11 is 0. The van der Waals surface area contributed by atoms with E-state index in [2.05, 4.69) is 61.0 Å². The van der Waals surface area contributed by atoms with E-state index in [9.17, 15) is 4.79 Å². The molecule has 164 valence electrons. The SMILES string of the molecule is O=C(N[C@H]1C2CN3CCN(C2)CC1(c1ccccc1)C3)c1ccc(Cn2cnnn2)cc1. The van der Waals surface area contributed by atoms with Crippen LogP contribution in [-0.2, 0) is 12.0 Å². The van der Waals surface area contributed by atoms with Crippen LogP contribution in [0.2, 0.25) is 0 Å². The van der Waals surface area contributed by atoms with Crippen molar-refractivity contribution in [3.63, 3.8) is 0 Å². The molecule has 0 saturated carbocycles. The summed E-state index contributed by atoms with van der Waals surface area (Å²) in [6.45, 7) is 6.94. The normalized spacial score (nSPS) is 30.8. The van der Waals surface area contributed by atoms with Crippen molar-refractivity contribution < 1.29 is 4.79 Å². The number of benzene rings is 2. The third-order valence-corrected chi connectivity index (χ3v) is 7.38. The number of amides is 1. The Morgan fingerprint density at radius 1 is 1.00 bits per heavy atom. The third kappa shape index (κ3) is 3.40. The van der Waals surface area contributed by atoms with Gasteiger partial charge in [0.2, 0.25) is 0 Å². The van der Waals surface area contributed by atoms with Gasteiger partial charge >= 0.3 is 0 Å². The Labute approximate surface area is 187 Å². The highest BCUT2D eigenvalue weighted by Crippen LogP contribution is 2.43. The number of rotatable bonds is 5. The van der Waals surface area contributed by atoms with Crippen LogP contribution in [0.15, 0.2) is 60.9 Å². The summed E-state index contributed by atoms with van der Waals surface area (Å²) in [5.41, 5.74) is 3.01. The number of aromatic nitrogens is 4. The highest BCUT2D eigenvalue weighted by molar-refractivity contribution is 5.94. The van der Waals surface area contributed by atoms with E-state index < -0.39 is 0 Å². The van der Waals surface area contributed by atoms with Crippen LogP contribution in [0.4, 0.5) is 0 Å². The van der Waals surface area contributed by atoms with Crippen molar-refractivity contribution in [2.75, 3.05) is 39.3 Å². The van der Waals surface area contributed by atoms with E-state index in [1.165, 1.54) is 5.56 Å². The van der Waals surface area contributed by atoms with Crippen molar-refractivity contribution in [1.29, 1.82) is 0 Å². The Kier molecular flexibility index (Phi) is 4.77. The first-order valence-corrected chi connectivity index (χ1v) is 11.3. The molecule has 5 heterocycles. The molecule has 3 aromatic rings. The van der Waals surface area contributed by atoms with Crippen LogP contribution in [0.25, 0.3) is 0 Å². The molecule has 2 unspecified atom stereocenters. The van der Waals surface area contributed by atoms with E-state index in [1.54, 1.807) is 11.0 Å². The maximum absolute atomic E-state index is 13.3.